The highest BCUT2D eigenvalue weighted by atomic mass is 16.2. The largest absolute Gasteiger partial charge is 0.378 e. The summed E-state index contributed by atoms with van der Waals surface area (Å²) in [5.74, 6) is -0.0200. The molecule has 1 atom stereocenters. The number of anilines is 2. The van der Waals surface area contributed by atoms with Crippen molar-refractivity contribution in [1.82, 2.24) is 10.3 Å². The molecule has 2 N–H and O–H groups in total. The second kappa shape index (κ2) is 7.34. The highest BCUT2D eigenvalue weighted by molar-refractivity contribution is 5.95. The Labute approximate surface area is 147 Å². The van der Waals surface area contributed by atoms with E-state index in [9.17, 15) is 9.59 Å². The number of pyridine rings is 1. The highest BCUT2D eigenvalue weighted by Gasteiger charge is 2.21. The molecule has 2 heterocycles. The van der Waals surface area contributed by atoms with Crippen LogP contribution in [0.3, 0.4) is 0 Å². The van der Waals surface area contributed by atoms with Gasteiger partial charge < -0.3 is 15.5 Å². The fraction of sp³-hybridized carbons (Fsp3) is 0.316. The molecule has 25 heavy (non-hydrogen) atoms. The lowest BCUT2D eigenvalue weighted by Gasteiger charge is -2.19. The van der Waals surface area contributed by atoms with E-state index in [0.29, 0.717) is 12.1 Å². The van der Waals surface area contributed by atoms with Crippen LogP contribution in [0.5, 0.6) is 0 Å². The van der Waals surface area contributed by atoms with E-state index >= 15 is 0 Å². The lowest BCUT2D eigenvalue weighted by molar-refractivity contribution is -0.117. The van der Waals surface area contributed by atoms with Gasteiger partial charge in [0.2, 0.25) is 5.91 Å². The summed E-state index contributed by atoms with van der Waals surface area (Å²) in [6, 6.07) is 11.6. The van der Waals surface area contributed by atoms with Crippen molar-refractivity contribution in [3.05, 3.63) is 53.9 Å². The highest BCUT2D eigenvalue weighted by Crippen LogP contribution is 2.25. The fourth-order valence-corrected chi connectivity index (χ4v) is 2.97. The Bertz CT molecular complexity index is 773. The molecule has 0 saturated carbocycles. The molecule has 0 radical (unpaired) electrons. The van der Waals surface area contributed by atoms with Crippen LogP contribution in [0.4, 0.5) is 11.4 Å². The average molecular weight is 338 g/mol. The van der Waals surface area contributed by atoms with E-state index in [-0.39, 0.29) is 17.9 Å². The van der Waals surface area contributed by atoms with Crippen LogP contribution in [0.15, 0.2) is 42.6 Å². The molecule has 1 aliphatic heterocycles. The molecule has 6 heteroatoms. The third-order valence-corrected chi connectivity index (χ3v) is 4.38. The summed E-state index contributed by atoms with van der Waals surface area (Å²) < 4.78 is 0. The monoisotopic (exact) mass is 338 g/mol. The normalized spacial score (nSPS) is 15.1. The molecule has 130 valence electrons. The number of hydrogen-bond donors (Lipinski definition) is 2. The van der Waals surface area contributed by atoms with E-state index in [2.05, 4.69) is 22.5 Å². The maximum absolute atomic E-state index is 11.8. The molecule has 0 bridgehead atoms. The molecule has 6 nitrogen and oxygen atoms in total. The van der Waals surface area contributed by atoms with Gasteiger partial charge in [0.1, 0.15) is 5.69 Å². The third-order valence-electron chi connectivity index (χ3n) is 4.38. The van der Waals surface area contributed by atoms with Crippen LogP contribution >= 0.6 is 0 Å². The molecule has 1 aliphatic rings. The van der Waals surface area contributed by atoms with Crippen molar-refractivity contribution >= 4 is 23.2 Å². The van der Waals surface area contributed by atoms with Crippen LogP contribution in [0.2, 0.25) is 0 Å². The molecule has 1 unspecified atom stereocenters. The first-order valence-electron chi connectivity index (χ1n) is 8.43. The predicted molar refractivity (Wildman–Crippen MR) is 97.7 cm³/mol. The molecular formula is C19H22N4O2. The minimum Gasteiger partial charge on any atom is -0.378 e. The van der Waals surface area contributed by atoms with Gasteiger partial charge in [-0.25, -0.2) is 0 Å². The molecular weight excluding hydrogens is 316 g/mol. The van der Waals surface area contributed by atoms with Crippen LogP contribution in [0.1, 0.15) is 41.9 Å². The number of hydrogen-bond acceptors (Lipinski definition) is 4. The van der Waals surface area contributed by atoms with Gasteiger partial charge in [-0.2, -0.15) is 0 Å². The molecule has 1 saturated heterocycles. The maximum Gasteiger partial charge on any atom is 0.269 e. The Morgan fingerprint density at radius 1 is 1.24 bits per heavy atom. The number of nitrogens with zero attached hydrogens (tertiary/aromatic N) is 2. The van der Waals surface area contributed by atoms with Gasteiger partial charge in [0.15, 0.2) is 0 Å². The van der Waals surface area contributed by atoms with Crippen LogP contribution in [0, 0.1) is 0 Å². The number of benzene rings is 1. The van der Waals surface area contributed by atoms with E-state index < -0.39 is 0 Å². The number of rotatable bonds is 5. The molecule has 1 fully saturated rings. The zero-order chi connectivity index (χ0) is 17.8. The lowest BCUT2D eigenvalue weighted by Crippen LogP contribution is -2.23. The molecule has 2 amide bonds. The second-order valence-corrected chi connectivity index (χ2v) is 6.12. The standard InChI is InChI=1S/C19H22N4O2/c1-13(22-15-9-10-21-17(12-15)19(25)20-2)14-5-7-16(8-6-14)23-11-3-4-18(23)24/h5-10,12-13H,3-4,11H2,1-2H3,(H,20,25)(H,21,22). The second-order valence-electron chi connectivity index (χ2n) is 6.12. The summed E-state index contributed by atoms with van der Waals surface area (Å²) in [5.41, 5.74) is 3.26. The minimum absolute atomic E-state index is 0.0586. The molecule has 2 aromatic rings. The smallest absolute Gasteiger partial charge is 0.269 e. The molecule has 1 aromatic heterocycles. The van der Waals surface area contributed by atoms with Gasteiger partial charge in [0.25, 0.3) is 5.91 Å². The Balaban J connectivity index is 1.70. The van der Waals surface area contributed by atoms with E-state index in [1.54, 1.807) is 19.3 Å². The first kappa shape index (κ1) is 17.0. The van der Waals surface area contributed by atoms with Gasteiger partial charge in [-0.1, -0.05) is 12.1 Å². The zero-order valence-corrected chi connectivity index (χ0v) is 14.5. The van der Waals surface area contributed by atoms with Crippen molar-refractivity contribution in [1.29, 1.82) is 0 Å². The summed E-state index contributed by atoms with van der Waals surface area (Å²) in [4.78, 5) is 29.4. The third kappa shape index (κ3) is 3.79. The SMILES string of the molecule is CNC(=O)c1cc(NC(C)c2ccc(N3CCCC3=O)cc2)ccn1. The number of aromatic nitrogens is 1. The quantitative estimate of drug-likeness (QED) is 0.879. The van der Waals surface area contributed by atoms with Crippen molar-refractivity contribution in [2.45, 2.75) is 25.8 Å². The van der Waals surface area contributed by atoms with Crippen LogP contribution in [-0.2, 0) is 4.79 Å². The number of carbonyl (C=O) groups is 2. The van der Waals surface area contributed by atoms with Crippen LogP contribution in [0.25, 0.3) is 0 Å². The Hall–Kier alpha value is -2.89. The Kier molecular flexibility index (Phi) is 4.97. The Morgan fingerprint density at radius 3 is 2.64 bits per heavy atom. The van der Waals surface area contributed by atoms with Gasteiger partial charge >= 0.3 is 0 Å². The van der Waals surface area contributed by atoms with Gasteiger partial charge in [0.05, 0.1) is 0 Å². The van der Waals surface area contributed by atoms with Gasteiger partial charge in [-0.3, -0.25) is 14.6 Å². The van der Waals surface area contributed by atoms with Crippen molar-refractivity contribution in [2.75, 3.05) is 23.8 Å². The van der Waals surface area contributed by atoms with Gasteiger partial charge in [-0.15, -0.1) is 0 Å². The average Bonchev–Trinajstić information content (AvgIpc) is 3.07. The number of nitrogens with one attached hydrogen (secondary N) is 2. The van der Waals surface area contributed by atoms with Crippen LogP contribution in [-0.4, -0.2) is 30.4 Å². The number of carbonyl (C=O) groups excluding carboxylic acids is 2. The molecule has 3 rings (SSSR count). The topological polar surface area (TPSA) is 74.3 Å². The predicted octanol–water partition coefficient (Wildman–Crippen LogP) is 2.74. The summed E-state index contributed by atoms with van der Waals surface area (Å²) in [7, 11) is 1.58. The lowest BCUT2D eigenvalue weighted by atomic mass is 10.1. The summed E-state index contributed by atoms with van der Waals surface area (Å²) >= 11 is 0. The van der Waals surface area contributed by atoms with Crippen molar-refractivity contribution in [2.24, 2.45) is 0 Å². The summed E-state index contributed by atoms with van der Waals surface area (Å²) in [5, 5.41) is 5.94. The summed E-state index contributed by atoms with van der Waals surface area (Å²) in [6.07, 6.45) is 3.17. The minimum atomic E-state index is -0.212. The van der Waals surface area contributed by atoms with E-state index in [1.165, 1.54) is 0 Å². The first-order chi connectivity index (χ1) is 12.1. The Morgan fingerprint density at radius 2 is 2.00 bits per heavy atom. The molecule has 0 aliphatic carbocycles. The van der Waals surface area contributed by atoms with Gasteiger partial charge in [-0.05, 0) is 43.2 Å². The van der Waals surface area contributed by atoms with E-state index in [4.69, 9.17) is 0 Å². The van der Waals surface area contributed by atoms with Gasteiger partial charge in [0, 0.05) is 43.6 Å². The van der Waals surface area contributed by atoms with Crippen molar-refractivity contribution < 1.29 is 9.59 Å². The zero-order valence-electron chi connectivity index (χ0n) is 14.5. The number of amides is 2. The molecule has 1 aromatic carbocycles. The summed E-state index contributed by atoms with van der Waals surface area (Å²) in [6.45, 7) is 2.85. The van der Waals surface area contributed by atoms with E-state index in [1.807, 2.05) is 35.2 Å². The van der Waals surface area contributed by atoms with Crippen molar-refractivity contribution in [3.8, 4) is 0 Å². The fourth-order valence-electron chi connectivity index (χ4n) is 2.97. The van der Waals surface area contributed by atoms with E-state index in [0.717, 1.165) is 29.9 Å². The molecule has 0 spiro atoms. The maximum atomic E-state index is 11.8. The first-order valence-corrected chi connectivity index (χ1v) is 8.43. The van der Waals surface area contributed by atoms with Crippen molar-refractivity contribution in [3.63, 3.8) is 0 Å². The van der Waals surface area contributed by atoms with Crippen LogP contribution < -0.4 is 15.5 Å².